The van der Waals surface area contributed by atoms with Crippen LogP contribution >= 0.6 is 6.49 Å². The Balaban J connectivity index is 3.48. The van der Waals surface area contributed by atoms with Crippen LogP contribution in [0, 0.1) is 0 Å². The zero-order chi connectivity index (χ0) is 5.21. The lowest BCUT2D eigenvalue weighted by Gasteiger charge is -2.04. The van der Waals surface area contributed by atoms with Gasteiger partial charge in [-0.05, 0) is 18.9 Å². The summed E-state index contributed by atoms with van der Waals surface area (Å²) in [6.45, 7) is -2.06. The summed E-state index contributed by atoms with van der Waals surface area (Å²) < 4.78 is 0. The van der Waals surface area contributed by atoms with Crippen LogP contribution in [0.5, 0.6) is 0 Å². The second-order valence-electron chi connectivity index (χ2n) is 0.933. The molecule has 0 heterocycles. The van der Waals surface area contributed by atoms with E-state index < -0.39 is 6.49 Å². The second kappa shape index (κ2) is 2.00. The molecule has 0 aromatic rings. The molecule has 0 rings (SSSR count). The van der Waals surface area contributed by atoms with Crippen LogP contribution in [-0.4, -0.2) is 7.05 Å². The number of nitrogens with two attached hydrogens (primary N) is 2. The molecule has 0 spiro atoms. The van der Waals surface area contributed by atoms with E-state index in [9.17, 15) is 0 Å². The maximum atomic E-state index is 5.13. The first-order valence-corrected chi connectivity index (χ1v) is 4.36. The van der Waals surface area contributed by atoms with Crippen LogP contribution in [0.1, 0.15) is 0 Å². The Morgan fingerprint density at radius 2 is 1.83 bits per heavy atom. The number of nitrogens with one attached hydrogen (secondary N) is 1. The van der Waals surface area contributed by atoms with Crippen molar-refractivity contribution in [2.75, 3.05) is 7.05 Å². The minimum absolute atomic E-state index is 1.65. The Hall–Kier alpha value is 0.530. The lowest BCUT2D eigenvalue weighted by atomic mass is 11.6. The van der Waals surface area contributed by atoms with E-state index in [4.69, 9.17) is 11.0 Å². The van der Waals surface area contributed by atoms with Crippen molar-refractivity contribution in [1.29, 1.82) is 0 Å². The van der Waals surface area contributed by atoms with Crippen molar-refractivity contribution in [3.05, 3.63) is 0 Å². The van der Waals surface area contributed by atoms with Crippen molar-refractivity contribution in [2.24, 2.45) is 11.0 Å². The molecule has 0 fully saturated rings. The fraction of sp³-hybridized carbons (Fsp3) is 1.00. The molecule has 0 saturated carbocycles. The largest absolute Gasteiger partial charge is 0.280 e. The highest BCUT2D eigenvalue weighted by molar-refractivity contribution is 8.11. The van der Waals surface area contributed by atoms with E-state index in [0.29, 0.717) is 0 Å². The Morgan fingerprint density at radius 3 is 1.83 bits per heavy atom. The molecule has 0 atom stereocenters. The normalized spacial score (nSPS) is 11.8. The van der Waals surface area contributed by atoms with E-state index in [1.807, 2.05) is 0 Å². The monoisotopic (exact) mass is 125 g/mol. The Kier molecular flexibility index (Phi) is 2.18. The third-order valence-corrected chi connectivity index (χ3v) is 1.60. The first-order valence-electron chi connectivity index (χ1n) is 1.42. The molecule has 0 unspecified atom stereocenters. The molecule has 5 N–H and O–H groups in total. The van der Waals surface area contributed by atoms with Crippen molar-refractivity contribution < 1.29 is 0 Å². The van der Waals surface area contributed by atoms with Gasteiger partial charge in [0, 0.05) is 0 Å². The highest BCUT2D eigenvalue weighted by atomic mass is 32.4. The van der Waals surface area contributed by atoms with Gasteiger partial charge in [-0.25, -0.2) is 0 Å². The topological polar surface area (TPSA) is 64.1 Å². The molecule has 0 aliphatic carbocycles. The van der Waals surface area contributed by atoms with Gasteiger partial charge in [-0.3, -0.25) is 16.1 Å². The van der Waals surface area contributed by atoms with Crippen molar-refractivity contribution in [3.63, 3.8) is 0 Å². The van der Waals surface area contributed by atoms with Gasteiger partial charge >= 0.3 is 0 Å². The lowest BCUT2D eigenvalue weighted by molar-refractivity contribution is 1.24. The molecule has 0 radical (unpaired) electrons. The zero-order valence-electron chi connectivity index (χ0n) is 3.51. The summed E-state index contributed by atoms with van der Waals surface area (Å²) >= 11 is 4.54. The fourth-order valence-electron chi connectivity index (χ4n) is 0. The van der Waals surface area contributed by atoms with Crippen LogP contribution in [0.25, 0.3) is 0 Å². The summed E-state index contributed by atoms with van der Waals surface area (Å²) in [6, 6.07) is 0. The molecule has 6 heavy (non-hydrogen) atoms. The third-order valence-electron chi connectivity index (χ3n) is 0.349. The van der Waals surface area contributed by atoms with Crippen LogP contribution in [0.4, 0.5) is 0 Å². The van der Waals surface area contributed by atoms with Crippen molar-refractivity contribution in [3.8, 4) is 0 Å². The van der Waals surface area contributed by atoms with E-state index in [-0.39, 0.29) is 0 Å². The SMILES string of the molecule is CNP(N)(N)=S. The van der Waals surface area contributed by atoms with Crippen LogP contribution in [-0.2, 0) is 11.8 Å². The first-order chi connectivity index (χ1) is 2.56. The van der Waals surface area contributed by atoms with Gasteiger partial charge in [0.25, 0.3) is 0 Å². The third kappa shape index (κ3) is 4.53. The van der Waals surface area contributed by atoms with Crippen LogP contribution in [0.15, 0.2) is 0 Å². The number of hydrogen-bond donors (Lipinski definition) is 3. The van der Waals surface area contributed by atoms with E-state index >= 15 is 0 Å². The molecule has 5 heteroatoms. The standard InChI is InChI=1S/CH8N3PS/c1-4-5(2,3)6/h1H3,(H5,2,3,4,6). The van der Waals surface area contributed by atoms with Gasteiger partial charge in [-0.15, -0.1) is 0 Å². The minimum Gasteiger partial charge on any atom is -0.280 e. The van der Waals surface area contributed by atoms with Crippen LogP contribution < -0.4 is 16.1 Å². The summed E-state index contributed by atoms with van der Waals surface area (Å²) in [5, 5.41) is 2.59. The van der Waals surface area contributed by atoms with E-state index in [2.05, 4.69) is 16.9 Å². The fourth-order valence-corrected chi connectivity index (χ4v) is 0. The molecule has 0 amide bonds. The second-order valence-corrected chi connectivity index (χ2v) is 4.61. The average Bonchev–Trinajstić information content (AvgIpc) is 1.35. The molecule has 0 saturated heterocycles. The average molecular weight is 125 g/mol. The van der Waals surface area contributed by atoms with Crippen molar-refractivity contribution >= 4 is 18.3 Å². The molecule has 0 aliphatic heterocycles. The first kappa shape index (κ1) is 6.53. The summed E-state index contributed by atoms with van der Waals surface area (Å²) in [5.74, 6) is 0. The molecule has 38 valence electrons. The summed E-state index contributed by atoms with van der Waals surface area (Å²) in [4.78, 5) is 0. The predicted octanol–water partition coefficient (Wildman–Crippen LogP) is -0.652. The maximum absolute atomic E-state index is 5.13. The van der Waals surface area contributed by atoms with Gasteiger partial charge in [0.2, 0.25) is 0 Å². The molecule has 3 nitrogen and oxygen atoms in total. The number of hydrogen-bond acceptors (Lipinski definition) is 1. The van der Waals surface area contributed by atoms with E-state index in [1.54, 1.807) is 7.05 Å². The van der Waals surface area contributed by atoms with Gasteiger partial charge in [-0.1, -0.05) is 0 Å². The zero-order valence-corrected chi connectivity index (χ0v) is 5.22. The molecular weight excluding hydrogens is 117 g/mol. The molecular formula is CH8N3PS. The van der Waals surface area contributed by atoms with Gasteiger partial charge in [-0.2, -0.15) is 0 Å². The van der Waals surface area contributed by atoms with E-state index in [0.717, 1.165) is 0 Å². The predicted molar refractivity (Wildman–Crippen MR) is 31.7 cm³/mol. The van der Waals surface area contributed by atoms with E-state index in [1.165, 1.54) is 0 Å². The molecule has 0 aliphatic rings. The van der Waals surface area contributed by atoms with Crippen molar-refractivity contribution in [1.82, 2.24) is 5.09 Å². The summed E-state index contributed by atoms with van der Waals surface area (Å²) in [7, 11) is 1.65. The Labute approximate surface area is 42.3 Å². The van der Waals surface area contributed by atoms with Crippen LogP contribution in [0.3, 0.4) is 0 Å². The van der Waals surface area contributed by atoms with Crippen molar-refractivity contribution in [2.45, 2.75) is 0 Å². The minimum atomic E-state index is -2.06. The molecule has 0 aromatic heterocycles. The van der Waals surface area contributed by atoms with Crippen LogP contribution in [0.2, 0.25) is 0 Å². The smallest absolute Gasteiger partial charge is 0.132 e. The highest BCUT2D eigenvalue weighted by Gasteiger charge is 1.91. The Morgan fingerprint density at radius 1 is 1.67 bits per heavy atom. The van der Waals surface area contributed by atoms with Gasteiger partial charge in [0.15, 0.2) is 0 Å². The van der Waals surface area contributed by atoms with Gasteiger partial charge in [0.1, 0.15) is 6.49 Å². The van der Waals surface area contributed by atoms with Gasteiger partial charge < -0.3 is 0 Å². The lowest BCUT2D eigenvalue weighted by Crippen LogP contribution is -2.17. The molecule has 0 bridgehead atoms. The summed E-state index contributed by atoms with van der Waals surface area (Å²) in [5.41, 5.74) is 10.3. The van der Waals surface area contributed by atoms with Gasteiger partial charge in [0.05, 0.1) is 0 Å². The quantitative estimate of drug-likeness (QED) is 0.407. The maximum Gasteiger partial charge on any atom is 0.132 e. The highest BCUT2D eigenvalue weighted by Crippen LogP contribution is 2.14. The Bertz CT molecular complexity index is 74.9. The molecule has 0 aromatic carbocycles. The summed E-state index contributed by atoms with van der Waals surface area (Å²) in [6.07, 6.45) is 0. The number of rotatable bonds is 1.